The molecule has 2 aromatic heterocycles. The number of aryl methyl sites for hydroxylation is 4. The van der Waals surface area contributed by atoms with Crippen LogP contribution in [0.4, 0.5) is 0 Å². The summed E-state index contributed by atoms with van der Waals surface area (Å²) in [5, 5.41) is 8.14. The number of aromatic nitrogens is 3. The highest BCUT2D eigenvalue weighted by Gasteiger charge is 2.15. The molecule has 114 valence electrons. The first-order valence-electron chi connectivity index (χ1n) is 7.73. The molecule has 1 N–H and O–H groups in total. The first-order valence-corrected chi connectivity index (χ1v) is 7.73. The van der Waals surface area contributed by atoms with E-state index in [0.29, 0.717) is 6.04 Å². The van der Waals surface area contributed by atoms with Crippen molar-refractivity contribution in [3.8, 4) is 0 Å². The lowest BCUT2D eigenvalue weighted by molar-refractivity contribution is 0.527. The summed E-state index contributed by atoms with van der Waals surface area (Å²) in [4.78, 5) is 4.47. The number of pyridine rings is 1. The third kappa shape index (κ3) is 3.91. The summed E-state index contributed by atoms with van der Waals surface area (Å²) >= 11 is 0. The van der Waals surface area contributed by atoms with E-state index in [4.69, 9.17) is 0 Å². The smallest absolute Gasteiger partial charge is 0.0624 e. The van der Waals surface area contributed by atoms with E-state index < -0.39 is 0 Å². The standard InChI is InChI=1S/C17H26N4/c1-6-15-10-16(21(5)20-15)11-17(18-7-2)14-8-12(3)19-13(4)9-14/h8-10,17-18H,6-7,11H2,1-5H3. The second kappa shape index (κ2) is 6.85. The van der Waals surface area contributed by atoms with Crippen molar-refractivity contribution in [3.05, 3.63) is 46.5 Å². The maximum absolute atomic E-state index is 4.55. The van der Waals surface area contributed by atoms with Gasteiger partial charge < -0.3 is 5.32 Å². The Balaban J connectivity index is 2.27. The molecule has 0 fully saturated rings. The minimum Gasteiger partial charge on any atom is -0.310 e. The first kappa shape index (κ1) is 15.7. The predicted octanol–water partition coefficient (Wildman–Crippen LogP) is 2.89. The summed E-state index contributed by atoms with van der Waals surface area (Å²) in [5.41, 5.74) is 5.88. The quantitative estimate of drug-likeness (QED) is 0.888. The van der Waals surface area contributed by atoms with Gasteiger partial charge in [0.15, 0.2) is 0 Å². The van der Waals surface area contributed by atoms with Crippen LogP contribution in [0.5, 0.6) is 0 Å². The van der Waals surface area contributed by atoms with E-state index in [1.165, 1.54) is 11.3 Å². The zero-order chi connectivity index (χ0) is 15.4. The van der Waals surface area contributed by atoms with Crippen LogP contribution in [0.1, 0.15) is 48.2 Å². The van der Waals surface area contributed by atoms with Crippen molar-refractivity contribution in [3.63, 3.8) is 0 Å². The van der Waals surface area contributed by atoms with Crippen LogP contribution < -0.4 is 5.32 Å². The zero-order valence-electron chi connectivity index (χ0n) is 13.8. The van der Waals surface area contributed by atoms with Crippen LogP contribution in [0, 0.1) is 13.8 Å². The van der Waals surface area contributed by atoms with Crippen molar-refractivity contribution < 1.29 is 0 Å². The largest absolute Gasteiger partial charge is 0.310 e. The maximum atomic E-state index is 4.55. The Hall–Kier alpha value is -1.68. The summed E-state index contributed by atoms with van der Waals surface area (Å²) in [7, 11) is 2.03. The number of nitrogens with zero attached hydrogens (tertiary/aromatic N) is 3. The molecule has 1 atom stereocenters. The van der Waals surface area contributed by atoms with Crippen molar-refractivity contribution in [1.82, 2.24) is 20.1 Å². The van der Waals surface area contributed by atoms with Crippen LogP contribution >= 0.6 is 0 Å². The normalized spacial score (nSPS) is 12.6. The molecule has 0 aliphatic rings. The van der Waals surface area contributed by atoms with Crippen LogP contribution in [0.25, 0.3) is 0 Å². The lowest BCUT2D eigenvalue weighted by Crippen LogP contribution is -2.24. The van der Waals surface area contributed by atoms with E-state index in [9.17, 15) is 0 Å². The van der Waals surface area contributed by atoms with E-state index in [-0.39, 0.29) is 0 Å². The molecule has 4 heteroatoms. The average molecular weight is 286 g/mol. The summed E-state index contributed by atoms with van der Waals surface area (Å²) in [5.74, 6) is 0. The third-order valence-corrected chi connectivity index (χ3v) is 3.76. The lowest BCUT2D eigenvalue weighted by atomic mass is 10.0. The Morgan fingerprint density at radius 3 is 2.33 bits per heavy atom. The number of likely N-dealkylation sites (N-methyl/N-ethyl adjacent to an activating group) is 1. The molecule has 2 heterocycles. The molecule has 0 spiro atoms. The van der Waals surface area contributed by atoms with E-state index in [2.05, 4.69) is 61.3 Å². The summed E-state index contributed by atoms with van der Waals surface area (Å²) in [6, 6.07) is 6.87. The van der Waals surface area contributed by atoms with Crippen molar-refractivity contribution >= 4 is 0 Å². The van der Waals surface area contributed by atoms with E-state index in [0.717, 1.165) is 36.5 Å². The second-order valence-electron chi connectivity index (χ2n) is 5.60. The van der Waals surface area contributed by atoms with Gasteiger partial charge in [0.25, 0.3) is 0 Å². The highest BCUT2D eigenvalue weighted by molar-refractivity contribution is 5.25. The molecule has 1 unspecified atom stereocenters. The van der Waals surface area contributed by atoms with E-state index in [1.807, 2.05) is 11.7 Å². The summed E-state index contributed by atoms with van der Waals surface area (Å²) < 4.78 is 2.00. The Labute approximate surface area is 127 Å². The number of nitrogens with one attached hydrogen (secondary N) is 1. The fourth-order valence-corrected chi connectivity index (χ4v) is 2.77. The molecular weight excluding hydrogens is 260 g/mol. The van der Waals surface area contributed by atoms with Gasteiger partial charge in [0.2, 0.25) is 0 Å². The Kier molecular flexibility index (Phi) is 5.12. The molecule has 21 heavy (non-hydrogen) atoms. The van der Waals surface area contributed by atoms with E-state index >= 15 is 0 Å². The monoisotopic (exact) mass is 286 g/mol. The minimum atomic E-state index is 0.301. The van der Waals surface area contributed by atoms with Crippen LogP contribution in [0.3, 0.4) is 0 Å². The van der Waals surface area contributed by atoms with Gasteiger partial charge in [0.1, 0.15) is 0 Å². The van der Waals surface area contributed by atoms with Gasteiger partial charge in [-0.3, -0.25) is 9.67 Å². The van der Waals surface area contributed by atoms with Gasteiger partial charge in [-0.1, -0.05) is 13.8 Å². The van der Waals surface area contributed by atoms with Crippen LogP contribution in [0.15, 0.2) is 18.2 Å². The number of hydrogen-bond acceptors (Lipinski definition) is 3. The molecule has 0 saturated heterocycles. The molecule has 4 nitrogen and oxygen atoms in total. The summed E-state index contributed by atoms with van der Waals surface area (Å²) in [6.07, 6.45) is 1.92. The van der Waals surface area contributed by atoms with Crippen molar-refractivity contribution in [1.29, 1.82) is 0 Å². The number of rotatable bonds is 6. The highest BCUT2D eigenvalue weighted by Crippen LogP contribution is 2.20. The molecule has 0 aliphatic carbocycles. The molecule has 0 bridgehead atoms. The molecule has 0 aliphatic heterocycles. The highest BCUT2D eigenvalue weighted by atomic mass is 15.3. The molecule has 0 amide bonds. The Bertz CT molecular complexity index is 581. The van der Waals surface area contributed by atoms with Crippen LogP contribution in [0.2, 0.25) is 0 Å². The Morgan fingerprint density at radius 2 is 1.81 bits per heavy atom. The first-order chi connectivity index (χ1) is 10.0. The van der Waals surface area contributed by atoms with Gasteiger partial charge >= 0.3 is 0 Å². The number of hydrogen-bond donors (Lipinski definition) is 1. The van der Waals surface area contributed by atoms with Gasteiger partial charge in [0.05, 0.1) is 5.69 Å². The van der Waals surface area contributed by atoms with E-state index in [1.54, 1.807) is 0 Å². The van der Waals surface area contributed by atoms with Crippen LogP contribution in [-0.4, -0.2) is 21.3 Å². The van der Waals surface area contributed by atoms with Gasteiger partial charge in [-0.2, -0.15) is 5.10 Å². The predicted molar refractivity (Wildman–Crippen MR) is 86.4 cm³/mol. The van der Waals surface area contributed by atoms with Gasteiger partial charge in [-0.05, 0) is 50.6 Å². The van der Waals surface area contributed by atoms with Crippen molar-refractivity contribution in [2.45, 2.75) is 46.6 Å². The molecular formula is C17H26N4. The van der Waals surface area contributed by atoms with Gasteiger partial charge in [-0.25, -0.2) is 0 Å². The molecule has 2 aromatic rings. The van der Waals surface area contributed by atoms with Gasteiger partial charge in [0, 0.05) is 36.6 Å². The third-order valence-electron chi connectivity index (χ3n) is 3.76. The zero-order valence-corrected chi connectivity index (χ0v) is 13.8. The molecule has 0 aromatic carbocycles. The lowest BCUT2D eigenvalue weighted by Gasteiger charge is -2.19. The van der Waals surface area contributed by atoms with Crippen molar-refractivity contribution in [2.24, 2.45) is 7.05 Å². The van der Waals surface area contributed by atoms with Gasteiger partial charge in [-0.15, -0.1) is 0 Å². The molecule has 0 saturated carbocycles. The Morgan fingerprint density at radius 1 is 1.14 bits per heavy atom. The maximum Gasteiger partial charge on any atom is 0.0624 e. The average Bonchev–Trinajstić information content (AvgIpc) is 2.78. The fourth-order valence-electron chi connectivity index (χ4n) is 2.77. The van der Waals surface area contributed by atoms with Crippen LogP contribution in [-0.2, 0) is 19.9 Å². The van der Waals surface area contributed by atoms with Crippen molar-refractivity contribution in [2.75, 3.05) is 6.54 Å². The SMILES string of the molecule is CCNC(Cc1cc(CC)nn1C)c1cc(C)nc(C)c1. The minimum absolute atomic E-state index is 0.301. The molecule has 0 radical (unpaired) electrons. The topological polar surface area (TPSA) is 42.7 Å². The summed E-state index contributed by atoms with van der Waals surface area (Å²) in [6.45, 7) is 9.35. The fraction of sp³-hybridized carbons (Fsp3) is 0.529. The second-order valence-corrected chi connectivity index (χ2v) is 5.60. The molecule has 2 rings (SSSR count).